The van der Waals surface area contributed by atoms with Crippen LogP contribution in [-0.4, -0.2) is 21.0 Å². The molecule has 4 heteroatoms. The molecule has 0 fully saturated rings. The molecule has 0 saturated heterocycles. The van der Waals surface area contributed by atoms with E-state index >= 15 is 0 Å². The van der Waals surface area contributed by atoms with Crippen molar-refractivity contribution in [2.75, 3.05) is 0 Å². The van der Waals surface area contributed by atoms with E-state index in [1.54, 1.807) is 10.7 Å². The molecule has 0 unspecified atom stereocenters. The first-order chi connectivity index (χ1) is 5.90. The van der Waals surface area contributed by atoms with Gasteiger partial charge in [0.05, 0.1) is 11.7 Å². The summed E-state index contributed by atoms with van der Waals surface area (Å²) in [5.74, 6) is 0. The maximum absolute atomic E-state index is 8.29. The van der Waals surface area contributed by atoms with Crippen molar-refractivity contribution in [1.29, 1.82) is 0 Å². The molecule has 2 heterocycles. The highest BCUT2D eigenvalue weighted by atomic mass is 16.4. The zero-order chi connectivity index (χ0) is 8.39. The Kier molecular flexibility index (Phi) is 1.51. The third-order valence-electron chi connectivity index (χ3n) is 1.63. The fraction of sp³-hybridized carbons (Fsp3) is 0. The van der Waals surface area contributed by atoms with Crippen LogP contribution in [0.5, 0.6) is 0 Å². The third-order valence-corrected chi connectivity index (χ3v) is 1.63. The summed E-state index contributed by atoms with van der Waals surface area (Å²) < 4.78 is 1.74. The Labute approximate surface area is 68.7 Å². The minimum atomic E-state index is 0.852. The van der Waals surface area contributed by atoms with Crippen LogP contribution in [0.15, 0.2) is 35.7 Å². The number of rotatable bonds is 1. The molecule has 2 aromatic rings. The van der Waals surface area contributed by atoms with Crippen molar-refractivity contribution in [3.05, 3.63) is 36.2 Å². The SMILES string of the molecule is O/N=C/c1ccn2nccc2c1. The van der Waals surface area contributed by atoms with Gasteiger partial charge in [0.2, 0.25) is 0 Å². The molecule has 0 amide bonds. The second kappa shape index (κ2) is 2.65. The first-order valence-electron chi connectivity index (χ1n) is 3.51. The Morgan fingerprint density at radius 1 is 1.50 bits per heavy atom. The average molecular weight is 161 g/mol. The molecule has 12 heavy (non-hydrogen) atoms. The lowest BCUT2D eigenvalue weighted by atomic mass is 10.3. The molecule has 0 bridgehead atoms. The van der Waals surface area contributed by atoms with E-state index in [0.717, 1.165) is 11.1 Å². The van der Waals surface area contributed by atoms with Crippen LogP contribution in [0.3, 0.4) is 0 Å². The van der Waals surface area contributed by atoms with E-state index in [1.165, 1.54) is 6.21 Å². The molecule has 2 aromatic heterocycles. The summed E-state index contributed by atoms with van der Waals surface area (Å²) in [7, 11) is 0. The van der Waals surface area contributed by atoms with Gasteiger partial charge in [-0.15, -0.1) is 0 Å². The van der Waals surface area contributed by atoms with Gasteiger partial charge >= 0.3 is 0 Å². The van der Waals surface area contributed by atoms with E-state index in [2.05, 4.69) is 10.3 Å². The second-order valence-corrected chi connectivity index (χ2v) is 2.41. The molecule has 0 atom stereocenters. The van der Waals surface area contributed by atoms with Gasteiger partial charge in [-0.3, -0.25) is 0 Å². The first kappa shape index (κ1) is 6.84. The first-order valence-corrected chi connectivity index (χ1v) is 3.51. The van der Waals surface area contributed by atoms with E-state index in [-0.39, 0.29) is 0 Å². The lowest BCUT2D eigenvalue weighted by Crippen LogP contribution is -1.88. The molecule has 60 valence electrons. The number of aromatic nitrogens is 2. The normalized spacial score (nSPS) is 11.3. The van der Waals surface area contributed by atoms with Gasteiger partial charge in [0.15, 0.2) is 0 Å². The molecule has 0 aliphatic rings. The van der Waals surface area contributed by atoms with Gasteiger partial charge in [-0.25, -0.2) is 4.52 Å². The summed E-state index contributed by atoms with van der Waals surface area (Å²) in [6.45, 7) is 0. The van der Waals surface area contributed by atoms with Crippen molar-refractivity contribution in [3.8, 4) is 0 Å². The Balaban J connectivity index is 2.60. The Bertz CT molecular complexity index is 419. The van der Waals surface area contributed by atoms with E-state index in [1.807, 2.05) is 24.4 Å². The molecule has 0 spiro atoms. The van der Waals surface area contributed by atoms with E-state index < -0.39 is 0 Å². The molecule has 1 N–H and O–H groups in total. The summed E-state index contributed by atoms with van der Waals surface area (Å²) >= 11 is 0. The van der Waals surface area contributed by atoms with Gasteiger partial charge in [-0.1, -0.05) is 5.16 Å². The summed E-state index contributed by atoms with van der Waals surface area (Å²) in [4.78, 5) is 0. The van der Waals surface area contributed by atoms with Gasteiger partial charge in [0.25, 0.3) is 0 Å². The number of fused-ring (bicyclic) bond motifs is 1. The van der Waals surface area contributed by atoms with Crippen LogP contribution in [0.25, 0.3) is 5.52 Å². The number of hydrogen-bond acceptors (Lipinski definition) is 3. The lowest BCUT2D eigenvalue weighted by Gasteiger charge is -1.93. The van der Waals surface area contributed by atoms with Crippen molar-refractivity contribution in [1.82, 2.24) is 9.61 Å². The van der Waals surface area contributed by atoms with Gasteiger partial charge in [-0.05, 0) is 23.8 Å². The smallest absolute Gasteiger partial charge is 0.0735 e. The highest BCUT2D eigenvalue weighted by Gasteiger charge is 1.93. The molecule has 0 aliphatic heterocycles. The van der Waals surface area contributed by atoms with Gasteiger partial charge in [0.1, 0.15) is 0 Å². The van der Waals surface area contributed by atoms with Crippen LogP contribution < -0.4 is 0 Å². The fourth-order valence-corrected chi connectivity index (χ4v) is 1.09. The molecule has 0 radical (unpaired) electrons. The van der Waals surface area contributed by atoms with Crippen molar-refractivity contribution in [2.45, 2.75) is 0 Å². The summed E-state index contributed by atoms with van der Waals surface area (Å²) in [5.41, 5.74) is 1.83. The van der Waals surface area contributed by atoms with E-state index in [9.17, 15) is 0 Å². The second-order valence-electron chi connectivity index (χ2n) is 2.41. The molecular weight excluding hydrogens is 154 g/mol. The van der Waals surface area contributed by atoms with Crippen LogP contribution in [0.4, 0.5) is 0 Å². The Morgan fingerprint density at radius 2 is 2.42 bits per heavy atom. The summed E-state index contributed by atoms with van der Waals surface area (Å²) in [6, 6.07) is 5.58. The van der Waals surface area contributed by atoms with Crippen molar-refractivity contribution in [2.24, 2.45) is 5.16 Å². The van der Waals surface area contributed by atoms with Crippen LogP contribution >= 0.6 is 0 Å². The number of nitrogens with zero attached hydrogens (tertiary/aromatic N) is 3. The summed E-state index contributed by atoms with van der Waals surface area (Å²) in [6.07, 6.45) is 4.91. The average Bonchev–Trinajstić information content (AvgIpc) is 2.51. The Hall–Kier alpha value is -1.84. The number of hydrogen-bond donors (Lipinski definition) is 1. The van der Waals surface area contributed by atoms with Crippen molar-refractivity contribution in [3.63, 3.8) is 0 Å². The fourth-order valence-electron chi connectivity index (χ4n) is 1.09. The number of pyridine rings is 1. The molecular formula is C8H7N3O. The molecule has 0 aliphatic carbocycles. The van der Waals surface area contributed by atoms with Crippen LogP contribution in [0.1, 0.15) is 5.56 Å². The molecule has 0 saturated carbocycles. The van der Waals surface area contributed by atoms with Crippen LogP contribution in [0.2, 0.25) is 0 Å². The maximum atomic E-state index is 8.29. The minimum Gasteiger partial charge on any atom is -0.411 e. The third kappa shape index (κ3) is 1.03. The van der Waals surface area contributed by atoms with Gasteiger partial charge < -0.3 is 5.21 Å². The number of oxime groups is 1. The zero-order valence-electron chi connectivity index (χ0n) is 6.25. The Morgan fingerprint density at radius 3 is 3.25 bits per heavy atom. The lowest BCUT2D eigenvalue weighted by molar-refractivity contribution is 0.322. The predicted molar refractivity (Wildman–Crippen MR) is 44.6 cm³/mol. The van der Waals surface area contributed by atoms with Crippen molar-refractivity contribution >= 4 is 11.7 Å². The highest BCUT2D eigenvalue weighted by Crippen LogP contribution is 2.03. The highest BCUT2D eigenvalue weighted by molar-refractivity contribution is 5.80. The minimum absolute atomic E-state index is 0.852. The molecule has 0 aromatic carbocycles. The summed E-state index contributed by atoms with van der Waals surface area (Å²) in [5, 5.41) is 15.3. The molecule has 2 rings (SSSR count). The van der Waals surface area contributed by atoms with Crippen molar-refractivity contribution < 1.29 is 5.21 Å². The maximum Gasteiger partial charge on any atom is 0.0735 e. The topological polar surface area (TPSA) is 49.9 Å². The largest absolute Gasteiger partial charge is 0.411 e. The standard InChI is InChI=1S/C8H7N3O/c12-10-6-7-2-4-11-8(5-7)1-3-9-11/h1-6,12H/b10-6+. The quantitative estimate of drug-likeness (QED) is 0.387. The molecule has 4 nitrogen and oxygen atoms in total. The van der Waals surface area contributed by atoms with Crippen LogP contribution in [0, 0.1) is 0 Å². The van der Waals surface area contributed by atoms with Gasteiger partial charge in [0, 0.05) is 12.4 Å². The van der Waals surface area contributed by atoms with Crippen LogP contribution in [-0.2, 0) is 0 Å². The predicted octanol–water partition coefficient (Wildman–Crippen LogP) is 1.14. The van der Waals surface area contributed by atoms with E-state index in [4.69, 9.17) is 5.21 Å². The van der Waals surface area contributed by atoms with Gasteiger partial charge in [-0.2, -0.15) is 5.10 Å². The van der Waals surface area contributed by atoms with E-state index in [0.29, 0.717) is 0 Å². The zero-order valence-corrected chi connectivity index (χ0v) is 6.25. The monoisotopic (exact) mass is 161 g/mol.